The number of nitrogens with one attached hydrogen (secondary N) is 1. The summed E-state index contributed by atoms with van der Waals surface area (Å²) in [6, 6.07) is 3.67. The maximum Gasteiger partial charge on any atom is 0.364 e. The van der Waals surface area contributed by atoms with E-state index in [0.29, 0.717) is 18.1 Å². The summed E-state index contributed by atoms with van der Waals surface area (Å²) < 4.78 is 6.93. The lowest BCUT2D eigenvalue weighted by Crippen LogP contribution is -2.38. The summed E-state index contributed by atoms with van der Waals surface area (Å²) >= 11 is 5.62. The molecule has 0 saturated carbocycles. The van der Waals surface area contributed by atoms with Gasteiger partial charge in [0.1, 0.15) is 5.82 Å². The molecule has 1 fully saturated rings. The van der Waals surface area contributed by atoms with Crippen molar-refractivity contribution in [2.75, 3.05) is 30.5 Å². The van der Waals surface area contributed by atoms with E-state index in [1.807, 2.05) is 6.07 Å². The number of piperidine rings is 1. The summed E-state index contributed by atoms with van der Waals surface area (Å²) in [4.78, 5) is 13.7. The minimum atomic E-state index is -0.317. The number of halogens is 1. The van der Waals surface area contributed by atoms with Crippen LogP contribution in [0.5, 0.6) is 0 Å². The molecule has 1 aliphatic heterocycles. The summed E-state index contributed by atoms with van der Waals surface area (Å²) in [5.41, 5.74) is 0.210. The summed E-state index contributed by atoms with van der Waals surface area (Å²) in [6.07, 6.45) is 2.15. The Kier molecular flexibility index (Phi) is 3.88. The molecule has 3 heterocycles. The molecule has 2 aromatic rings. The Bertz CT molecular complexity index is 632. The molecule has 1 aliphatic rings. The molecule has 0 unspecified atom stereocenters. The Morgan fingerprint density at radius 2 is 2.20 bits per heavy atom. The van der Waals surface area contributed by atoms with Gasteiger partial charge in [0.2, 0.25) is 0 Å². The standard InChI is InChI=1S/C12H16ClN5O2/c13-5-8-20-9-3-6-17(7-4-9)11-2-1-10-14-15-12(19)18(10)16-11/h1-2,9H,3-8H2,(H,15,19). The number of hydrogen-bond donors (Lipinski definition) is 1. The van der Waals surface area contributed by atoms with Gasteiger partial charge in [0, 0.05) is 19.0 Å². The predicted molar refractivity (Wildman–Crippen MR) is 75.5 cm³/mol. The fraction of sp³-hybridized carbons (Fsp3) is 0.583. The molecule has 0 aromatic carbocycles. The SMILES string of the molecule is O=c1[nH]nc2ccc(N3CCC(OCCCl)CC3)nn12. The second-order valence-electron chi connectivity index (χ2n) is 4.74. The van der Waals surface area contributed by atoms with Crippen molar-refractivity contribution in [2.24, 2.45) is 0 Å². The number of rotatable bonds is 4. The highest BCUT2D eigenvalue weighted by atomic mass is 35.5. The minimum Gasteiger partial charge on any atom is -0.377 e. The Morgan fingerprint density at radius 1 is 1.40 bits per heavy atom. The van der Waals surface area contributed by atoms with E-state index in [1.54, 1.807) is 6.07 Å². The van der Waals surface area contributed by atoms with Gasteiger partial charge in [0.05, 0.1) is 12.7 Å². The number of aromatic nitrogens is 4. The number of aromatic amines is 1. The van der Waals surface area contributed by atoms with Crippen molar-refractivity contribution in [3.63, 3.8) is 0 Å². The average molecular weight is 298 g/mol. The first-order valence-corrected chi connectivity index (χ1v) is 7.18. The van der Waals surface area contributed by atoms with Crippen LogP contribution in [0.2, 0.25) is 0 Å². The van der Waals surface area contributed by atoms with E-state index in [2.05, 4.69) is 20.2 Å². The largest absolute Gasteiger partial charge is 0.377 e. The third kappa shape index (κ3) is 2.64. The maximum atomic E-state index is 11.5. The van der Waals surface area contributed by atoms with Crippen LogP contribution in [0.3, 0.4) is 0 Å². The van der Waals surface area contributed by atoms with Crippen LogP contribution in [0.25, 0.3) is 5.65 Å². The fourth-order valence-electron chi connectivity index (χ4n) is 2.42. The van der Waals surface area contributed by atoms with Crippen LogP contribution in [-0.2, 0) is 4.74 Å². The Hall–Kier alpha value is -1.60. The first-order chi connectivity index (χ1) is 9.78. The first kappa shape index (κ1) is 13.4. The summed E-state index contributed by atoms with van der Waals surface area (Å²) in [5.74, 6) is 1.32. The number of alkyl halides is 1. The van der Waals surface area contributed by atoms with Crippen LogP contribution >= 0.6 is 11.6 Å². The zero-order chi connectivity index (χ0) is 13.9. The van der Waals surface area contributed by atoms with Crippen LogP contribution in [0.4, 0.5) is 5.82 Å². The number of ether oxygens (including phenoxy) is 1. The molecule has 0 atom stereocenters. The Labute approximate surface area is 120 Å². The molecule has 0 aliphatic carbocycles. The molecule has 3 rings (SSSR count). The van der Waals surface area contributed by atoms with Gasteiger partial charge in [-0.2, -0.15) is 9.61 Å². The lowest BCUT2D eigenvalue weighted by Gasteiger charge is -2.32. The highest BCUT2D eigenvalue weighted by Gasteiger charge is 2.21. The van der Waals surface area contributed by atoms with Gasteiger partial charge in [0.15, 0.2) is 5.65 Å². The van der Waals surface area contributed by atoms with Gasteiger partial charge in [-0.05, 0) is 25.0 Å². The number of fused-ring (bicyclic) bond motifs is 1. The quantitative estimate of drug-likeness (QED) is 0.838. The third-order valence-corrected chi connectivity index (χ3v) is 3.61. The van der Waals surface area contributed by atoms with Gasteiger partial charge in [-0.25, -0.2) is 9.89 Å². The molecule has 0 amide bonds. The van der Waals surface area contributed by atoms with Crippen molar-refractivity contribution >= 4 is 23.1 Å². The maximum absolute atomic E-state index is 11.5. The molecule has 20 heavy (non-hydrogen) atoms. The third-order valence-electron chi connectivity index (χ3n) is 3.46. The van der Waals surface area contributed by atoms with E-state index >= 15 is 0 Å². The molecular weight excluding hydrogens is 282 g/mol. The van der Waals surface area contributed by atoms with Gasteiger partial charge in [-0.1, -0.05) is 0 Å². The van der Waals surface area contributed by atoms with E-state index in [-0.39, 0.29) is 11.8 Å². The lowest BCUT2D eigenvalue weighted by atomic mass is 10.1. The van der Waals surface area contributed by atoms with Gasteiger partial charge in [0.25, 0.3) is 0 Å². The smallest absolute Gasteiger partial charge is 0.364 e. The normalized spacial score (nSPS) is 16.9. The van der Waals surface area contributed by atoms with Crippen LogP contribution in [0.1, 0.15) is 12.8 Å². The van der Waals surface area contributed by atoms with Crippen LogP contribution in [-0.4, -0.2) is 51.5 Å². The van der Waals surface area contributed by atoms with Gasteiger partial charge >= 0.3 is 5.69 Å². The molecule has 2 aromatic heterocycles. The van der Waals surface area contributed by atoms with Crippen LogP contribution < -0.4 is 10.6 Å². The van der Waals surface area contributed by atoms with E-state index in [0.717, 1.165) is 31.7 Å². The Balaban J connectivity index is 1.70. The Morgan fingerprint density at radius 3 is 2.95 bits per heavy atom. The topological polar surface area (TPSA) is 75.5 Å². The molecule has 0 bridgehead atoms. The van der Waals surface area contributed by atoms with Gasteiger partial charge in [-0.3, -0.25) is 0 Å². The van der Waals surface area contributed by atoms with Crippen molar-refractivity contribution in [1.82, 2.24) is 19.8 Å². The van der Waals surface area contributed by atoms with Gasteiger partial charge in [-0.15, -0.1) is 16.7 Å². The summed E-state index contributed by atoms with van der Waals surface area (Å²) in [7, 11) is 0. The van der Waals surface area contributed by atoms with Crippen molar-refractivity contribution in [1.29, 1.82) is 0 Å². The van der Waals surface area contributed by atoms with Crippen LogP contribution in [0, 0.1) is 0 Å². The fourth-order valence-corrected chi connectivity index (χ4v) is 2.51. The van der Waals surface area contributed by atoms with E-state index in [1.165, 1.54) is 4.52 Å². The van der Waals surface area contributed by atoms with E-state index < -0.39 is 0 Å². The zero-order valence-corrected chi connectivity index (χ0v) is 11.7. The van der Waals surface area contributed by atoms with Gasteiger partial charge < -0.3 is 9.64 Å². The molecule has 7 nitrogen and oxygen atoms in total. The second kappa shape index (κ2) is 5.80. The molecule has 0 spiro atoms. The molecule has 108 valence electrons. The highest BCUT2D eigenvalue weighted by molar-refractivity contribution is 6.17. The van der Waals surface area contributed by atoms with Crippen LogP contribution in [0.15, 0.2) is 16.9 Å². The first-order valence-electron chi connectivity index (χ1n) is 6.65. The van der Waals surface area contributed by atoms with E-state index in [9.17, 15) is 4.79 Å². The summed E-state index contributed by atoms with van der Waals surface area (Å²) in [5, 5.41) is 10.6. The van der Waals surface area contributed by atoms with E-state index in [4.69, 9.17) is 16.3 Å². The zero-order valence-electron chi connectivity index (χ0n) is 11.0. The second-order valence-corrected chi connectivity index (χ2v) is 5.11. The lowest BCUT2D eigenvalue weighted by molar-refractivity contribution is 0.0470. The average Bonchev–Trinajstić information content (AvgIpc) is 2.87. The number of hydrogen-bond acceptors (Lipinski definition) is 5. The number of anilines is 1. The van der Waals surface area contributed by atoms with Crippen molar-refractivity contribution in [3.8, 4) is 0 Å². The molecule has 1 saturated heterocycles. The predicted octanol–water partition coefficient (Wildman–Crippen LogP) is 0.642. The minimum absolute atomic E-state index is 0.269. The summed E-state index contributed by atoms with van der Waals surface area (Å²) in [6.45, 7) is 2.32. The molecule has 1 N–H and O–H groups in total. The molecule has 8 heteroatoms. The van der Waals surface area contributed by atoms with Crippen molar-refractivity contribution in [2.45, 2.75) is 18.9 Å². The highest BCUT2D eigenvalue weighted by Crippen LogP contribution is 2.19. The number of H-pyrrole nitrogens is 1. The van der Waals surface area contributed by atoms with Crippen molar-refractivity contribution in [3.05, 3.63) is 22.6 Å². The number of nitrogens with zero attached hydrogens (tertiary/aromatic N) is 4. The monoisotopic (exact) mass is 297 g/mol. The van der Waals surface area contributed by atoms with Crippen molar-refractivity contribution < 1.29 is 4.74 Å². The molecular formula is C12H16ClN5O2. The molecule has 0 radical (unpaired) electrons.